The maximum Gasteiger partial charge on any atom is 0.222 e. The summed E-state index contributed by atoms with van der Waals surface area (Å²) in [4.78, 5) is 15.0. The van der Waals surface area contributed by atoms with Crippen LogP contribution in [0.25, 0.3) is 10.9 Å². The van der Waals surface area contributed by atoms with Gasteiger partial charge in [-0.1, -0.05) is 12.1 Å². The first kappa shape index (κ1) is 13.3. The fourth-order valence-electron chi connectivity index (χ4n) is 2.36. The molecule has 0 saturated carbocycles. The molecule has 5 nitrogen and oxygen atoms in total. The first-order chi connectivity index (χ1) is 10.3. The van der Waals surface area contributed by atoms with Crippen LogP contribution in [0.2, 0.25) is 0 Å². The minimum atomic E-state index is 0.303. The molecule has 21 heavy (non-hydrogen) atoms. The van der Waals surface area contributed by atoms with Gasteiger partial charge in [-0.3, -0.25) is 4.98 Å². The summed E-state index contributed by atoms with van der Waals surface area (Å²) in [5.41, 5.74) is 7.91. The van der Waals surface area contributed by atoms with Crippen LogP contribution in [-0.4, -0.2) is 21.5 Å². The lowest BCUT2D eigenvalue weighted by molar-refractivity contribution is 0.816. The average molecular weight is 279 g/mol. The molecule has 0 bridgehead atoms. The van der Waals surface area contributed by atoms with Gasteiger partial charge in [-0.2, -0.15) is 4.98 Å². The first-order valence-electron chi connectivity index (χ1n) is 6.94. The molecule has 2 aromatic heterocycles. The Morgan fingerprint density at radius 2 is 1.81 bits per heavy atom. The molecule has 0 atom stereocenters. The van der Waals surface area contributed by atoms with Gasteiger partial charge in [0.2, 0.25) is 5.95 Å². The number of nitrogens with zero attached hydrogens (tertiary/aromatic N) is 4. The van der Waals surface area contributed by atoms with Crippen molar-refractivity contribution in [3.05, 3.63) is 54.4 Å². The predicted octanol–water partition coefficient (Wildman–Crippen LogP) is 2.63. The second kappa shape index (κ2) is 5.75. The molecule has 1 aromatic carbocycles. The molecule has 0 aliphatic rings. The number of anilines is 2. The second-order valence-electron chi connectivity index (χ2n) is 4.79. The van der Waals surface area contributed by atoms with Crippen molar-refractivity contribution < 1.29 is 0 Å². The fraction of sp³-hybridized carbons (Fsp3) is 0.188. The van der Waals surface area contributed by atoms with Crippen LogP contribution in [0.3, 0.4) is 0 Å². The molecule has 0 unspecified atom stereocenters. The lowest BCUT2D eigenvalue weighted by Gasteiger charge is -2.23. The summed E-state index contributed by atoms with van der Waals surface area (Å²) >= 11 is 0. The average Bonchev–Trinajstić information content (AvgIpc) is 2.53. The molecule has 0 saturated heterocycles. The summed E-state index contributed by atoms with van der Waals surface area (Å²) in [6.07, 6.45) is 3.60. The van der Waals surface area contributed by atoms with Gasteiger partial charge in [0.15, 0.2) is 0 Å². The zero-order valence-corrected chi connectivity index (χ0v) is 11.9. The van der Waals surface area contributed by atoms with Crippen molar-refractivity contribution >= 4 is 22.7 Å². The largest absolute Gasteiger partial charge is 0.368 e. The standard InChI is InChI=1S/C16H17N5/c1-2-21(11-12-7-9-18-10-8-12)15-13-5-3-4-6-14(13)19-16(17)20-15/h3-10H,2,11H2,1H3,(H2,17,19,20). The van der Waals surface area contributed by atoms with Crippen LogP contribution < -0.4 is 10.6 Å². The molecule has 106 valence electrons. The van der Waals surface area contributed by atoms with E-state index in [9.17, 15) is 0 Å². The predicted molar refractivity (Wildman–Crippen MR) is 84.9 cm³/mol. The van der Waals surface area contributed by atoms with Crippen molar-refractivity contribution in [2.45, 2.75) is 13.5 Å². The quantitative estimate of drug-likeness (QED) is 0.795. The molecule has 0 aliphatic heterocycles. The van der Waals surface area contributed by atoms with Crippen LogP contribution in [-0.2, 0) is 6.54 Å². The highest BCUT2D eigenvalue weighted by molar-refractivity contribution is 5.90. The summed E-state index contributed by atoms with van der Waals surface area (Å²) in [6.45, 7) is 3.70. The molecule has 3 aromatic rings. The second-order valence-corrected chi connectivity index (χ2v) is 4.79. The number of nitrogen functional groups attached to an aromatic ring is 1. The third-order valence-electron chi connectivity index (χ3n) is 3.40. The maximum absolute atomic E-state index is 5.85. The fourth-order valence-corrected chi connectivity index (χ4v) is 2.36. The number of pyridine rings is 1. The van der Waals surface area contributed by atoms with Gasteiger partial charge >= 0.3 is 0 Å². The Morgan fingerprint density at radius 3 is 2.57 bits per heavy atom. The van der Waals surface area contributed by atoms with E-state index in [1.54, 1.807) is 12.4 Å². The molecule has 3 rings (SSSR count). The summed E-state index contributed by atoms with van der Waals surface area (Å²) in [5, 5.41) is 1.02. The topological polar surface area (TPSA) is 67.9 Å². The van der Waals surface area contributed by atoms with Gasteiger partial charge in [0.05, 0.1) is 5.52 Å². The number of benzene rings is 1. The summed E-state index contributed by atoms with van der Waals surface area (Å²) in [5.74, 6) is 1.18. The Kier molecular flexibility index (Phi) is 3.64. The minimum absolute atomic E-state index is 0.303. The molecule has 5 heteroatoms. The number of fused-ring (bicyclic) bond motifs is 1. The van der Waals surface area contributed by atoms with E-state index in [4.69, 9.17) is 5.73 Å². The Labute approximate surface area is 123 Å². The number of hydrogen-bond acceptors (Lipinski definition) is 5. The number of para-hydroxylation sites is 1. The van der Waals surface area contributed by atoms with Crippen LogP contribution in [0.1, 0.15) is 12.5 Å². The Balaban J connectivity index is 2.04. The Morgan fingerprint density at radius 1 is 1.05 bits per heavy atom. The molecule has 0 aliphatic carbocycles. The van der Waals surface area contributed by atoms with Gasteiger partial charge in [-0.25, -0.2) is 4.98 Å². The molecule has 0 spiro atoms. The van der Waals surface area contributed by atoms with Crippen molar-refractivity contribution in [2.75, 3.05) is 17.2 Å². The van der Waals surface area contributed by atoms with Crippen LogP contribution >= 0.6 is 0 Å². The highest BCUT2D eigenvalue weighted by Crippen LogP contribution is 2.25. The third kappa shape index (κ3) is 2.76. The van der Waals surface area contributed by atoms with Crippen LogP contribution in [0, 0.1) is 0 Å². The smallest absolute Gasteiger partial charge is 0.222 e. The maximum atomic E-state index is 5.85. The summed E-state index contributed by atoms with van der Waals surface area (Å²) < 4.78 is 0. The van der Waals surface area contributed by atoms with E-state index < -0.39 is 0 Å². The highest BCUT2D eigenvalue weighted by atomic mass is 15.2. The SMILES string of the molecule is CCN(Cc1ccncc1)c1nc(N)nc2ccccc12. The van der Waals surface area contributed by atoms with Crippen LogP contribution in [0.15, 0.2) is 48.8 Å². The lowest BCUT2D eigenvalue weighted by Crippen LogP contribution is -2.24. The van der Waals surface area contributed by atoms with Crippen LogP contribution in [0.4, 0.5) is 11.8 Å². The van der Waals surface area contributed by atoms with E-state index in [0.29, 0.717) is 5.95 Å². The van der Waals surface area contributed by atoms with Gasteiger partial charge in [-0.05, 0) is 36.8 Å². The first-order valence-corrected chi connectivity index (χ1v) is 6.94. The van der Waals surface area contributed by atoms with E-state index in [-0.39, 0.29) is 0 Å². The van der Waals surface area contributed by atoms with Crippen molar-refractivity contribution in [3.63, 3.8) is 0 Å². The number of aromatic nitrogens is 3. The van der Waals surface area contributed by atoms with Gasteiger partial charge in [0, 0.05) is 30.9 Å². The van der Waals surface area contributed by atoms with E-state index in [0.717, 1.165) is 29.8 Å². The van der Waals surface area contributed by atoms with Gasteiger partial charge in [0.1, 0.15) is 5.82 Å². The Hall–Kier alpha value is -2.69. The molecular weight excluding hydrogens is 262 g/mol. The summed E-state index contributed by atoms with van der Waals surface area (Å²) in [7, 11) is 0. The van der Waals surface area contributed by atoms with Crippen molar-refractivity contribution in [1.82, 2.24) is 15.0 Å². The van der Waals surface area contributed by atoms with E-state index in [1.165, 1.54) is 5.56 Å². The van der Waals surface area contributed by atoms with Crippen LogP contribution in [0.5, 0.6) is 0 Å². The molecule has 0 fully saturated rings. The summed E-state index contributed by atoms with van der Waals surface area (Å²) in [6, 6.07) is 11.9. The molecule has 0 radical (unpaired) electrons. The van der Waals surface area contributed by atoms with Gasteiger partial charge in [-0.15, -0.1) is 0 Å². The zero-order chi connectivity index (χ0) is 14.7. The van der Waals surface area contributed by atoms with Crippen molar-refractivity contribution in [2.24, 2.45) is 0 Å². The van der Waals surface area contributed by atoms with E-state index in [1.807, 2.05) is 36.4 Å². The van der Waals surface area contributed by atoms with Crippen molar-refractivity contribution in [1.29, 1.82) is 0 Å². The Bertz CT molecular complexity index is 742. The monoisotopic (exact) mass is 279 g/mol. The van der Waals surface area contributed by atoms with Crippen molar-refractivity contribution in [3.8, 4) is 0 Å². The normalized spacial score (nSPS) is 10.7. The highest BCUT2D eigenvalue weighted by Gasteiger charge is 2.12. The number of nitrogens with two attached hydrogens (primary N) is 1. The molecule has 2 N–H and O–H groups in total. The minimum Gasteiger partial charge on any atom is -0.368 e. The molecule has 0 amide bonds. The van der Waals surface area contributed by atoms with E-state index >= 15 is 0 Å². The van der Waals surface area contributed by atoms with E-state index in [2.05, 4.69) is 26.8 Å². The number of hydrogen-bond donors (Lipinski definition) is 1. The van der Waals surface area contributed by atoms with Gasteiger partial charge in [0.25, 0.3) is 0 Å². The number of rotatable bonds is 4. The lowest BCUT2D eigenvalue weighted by atomic mass is 10.2. The molecular formula is C16H17N5. The van der Waals surface area contributed by atoms with Gasteiger partial charge < -0.3 is 10.6 Å². The third-order valence-corrected chi connectivity index (χ3v) is 3.40. The molecule has 2 heterocycles. The zero-order valence-electron chi connectivity index (χ0n) is 11.9.